The maximum Gasteiger partial charge on any atom is 0.228 e. The Kier molecular flexibility index (Phi) is 5.89. The predicted octanol–water partition coefficient (Wildman–Crippen LogP) is 2.83. The van der Waals surface area contributed by atoms with Crippen LogP contribution in [0.2, 0.25) is 0 Å². The van der Waals surface area contributed by atoms with E-state index in [4.69, 9.17) is 5.14 Å². The summed E-state index contributed by atoms with van der Waals surface area (Å²) in [5.41, 5.74) is 3.42. The van der Waals surface area contributed by atoms with Gasteiger partial charge in [0, 0.05) is 12.1 Å². The van der Waals surface area contributed by atoms with Crippen molar-refractivity contribution < 1.29 is 13.2 Å². The molecule has 0 bridgehead atoms. The Balaban J connectivity index is 1.87. The third kappa shape index (κ3) is 6.36. The minimum Gasteiger partial charge on any atom is -0.326 e. The lowest BCUT2D eigenvalue weighted by molar-refractivity contribution is -0.115. The number of primary sulfonamides is 1. The number of sulfonamides is 1. The molecule has 0 radical (unpaired) electrons. The Morgan fingerprint density at radius 1 is 1.08 bits per heavy atom. The highest BCUT2D eigenvalue weighted by molar-refractivity contribution is 7.88. The number of benzene rings is 2. The largest absolute Gasteiger partial charge is 0.326 e. The normalized spacial score (nSPS) is 11.6. The summed E-state index contributed by atoms with van der Waals surface area (Å²) in [6, 6.07) is 14.6. The molecule has 5 nitrogen and oxygen atoms in total. The standard InChI is InChI=1S/C18H20N2O3S/c1-14-5-7-15(8-6-14)3-2-4-18(21)20-17-11-9-16(10-12-17)13-24(19,22)23/h2-3,5-12H,4,13H2,1H3,(H,20,21)(H2,19,22,23). The quantitative estimate of drug-likeness (QED) is 0.844. The van der Waals surface area contributed by atoms with Gasteiger partial charge in [0.1, 0.15) is 0 Å². The van der Waals surface area contributed by atoms with Gasteiger partial charge in [-0.2, -0.15) is 0 Å². The number of amides is 1. The molecule has 2 rings (SSSR count). The van der Waals surface area contributed by atoms with Crippen molar-refractivity contribution in [3.05, 3.63) is 71.3 Å². The average Bonchev–Trinajstić information content (AvgIpc) is 2.50. The molecule has 6 heteroatoms. The van der Waals surface area contributed by atoms with Gasteiger partial charge in [0.15, 0.2) is 0 Å². The lowest BCUT2D eigenvalue weighted by Gasteiger charge is -2.05. The fraction of sp³-hybridized carbons (Fsp3) is 0.167. The Bertz CT molecular complexity index is 824. The van der Waals surface area contributed by atoms with Gasteiger partial charge in [0.05, 0.1) is 5.75 Å². The first kappa shape index (κ1) is 17.9. The summed E-state index contributed by atoms with van der Waals surface area (Å²) < 4.78 is 22.0. The van der Waals surface area contributed by atoms with Crippen LogP contribution in [0, 0.1) is 6.92 Å². The summed E-state index contributed by atoms with van der Waals surface area (Å²) in [5.74, 6) is -0.363. The van der Waals surface area contributed by atoms with E-state index in [0.717, 1.165) is 5.56 Å². The second kappa shape index (κ2) is 7.90. The van der Waals surface area contributed by atoms with Crippen molar-refractivity contribution in [1.82, 2.24) is 0 Å². The van der Waals surface area contributed by atoms with Gasteiger partial charge >= 0.3 is 0 Å². The van der Waals surface area contributed by atoms with Crippen LogP contribution >= 0.6 is 0 Å². The molecule has 0 unspecified atom stereocenters. The van der Waals surface area contributed by atoms with E-state index < -0.39 is 10.0 Å². The van der Waals surface area contributed by atoms with E-state index in [0.29, 0.717) is 11.3 Å². The van der Waals surface area contributed by atoms with Crippen LogP contribution in [0.1, 0.15) is 23.1 Å². The predicted molar refractivity (Wildman–Crippen MR) is 96.7 cm³/mol. The van der Waals surface area contributed by atoms with Gasteiger partial charge < -0.3 is 5.32 Å². The number of nitrogens with one attached hydrogen (secondary N) is 1. The number of hydrogen-bond acceptors (Lipinski definition) is 3. The van der Waals surface area contributed by atoms with E-state index >= 15 is 0 Å². The van der Waals surface area contributed by atoms with Crippen LogP contribution in [0.15, 0.2) is 54.6 Å². The minimum atomic E-state index is -3.55. The van der Waals surface area contributed by atoms with Crippen molar-refractivity contribution in [2.75, 3.05) is 5.32 Å². The van der Waals surface area contributed by atoms with Crippen LogP contribution < -0.4 is 10.5 Å². The molecule has 0 aliphatic heterocycles. The summed E-state index contributed by atoms with van der Waals surface area (Å²) in [7, 11) is -3.55. The highest BCUT2D eigenvalue weighted by Gasteiger charge is 2.05. The van der Waals surface area contributed by atoms with Crippen LogP contribution in [0.5, 0.6) is 0 Å². The van der Waals surface area contributed by atoms with E-state index in [1.54, 1.807) is 30.3 Å². The monoisotopic (exact) mass is 344 g/mol. The number of carbonyl (C=O) groups is 1. The SMILES string of the molecule is Cc1ccc(C=CCC(=O)Nc2ccc(CS(N)(=O)=O)cc2)cc1. The van der Waals surface area contributed by atoms with Crippen molar-refractivity contribution in [2.24, 2.45) is 5.14 Å². The van der Waals surface area contributed by atoms with Crippen molar-refractivity contribution in [1.29, 1.82) is 0 Å². The molecular formula is C18H20N2O3S. The molecule has 1 amide bonds. The molecule has 0 aliphatic rings. The van der Waals surface area contributed by atoms with Gasteiger partial charge in [0.2, 0.25) is 15.9 Å². The summed E-state index contributed by atoms with van der Waals surface area (Å²) in [4.78, 5) is 11.9. The number of nitrogens with two attached hydrogens (primary N) is 1. The molecular weight excluding hydrogens is 324 g/mol. The first-order chi connectivity index (χ1) is 11.3. The molecule has 0 saturated heterocycles. The molecule has 0 aromatic heterocycles. The minimum absolute atomic E-state index is 0.141. The fourth-order valence-electron chi connectivity index (χ4n) is 2.11. The highest BCUT2D eigenvalue weighted by Crippen LogP contribution is 2.12. The van der Waals surface area contributed by atoms with Gasteiger partial charge in [0.25, 0.3) is 0 Å². The Morgan fingerprint density at radius 2 is 1.71 bits per heavy atom. The van der Waals surface area contributed by atoms with Crippen molar-refractivity contribution in [3.8, 4) is 0 Å². The van der Waals surface area contributed by atoms with Crippen molar-refractivity contribution >= 4 is 27.7 Å². The summed E-state index contributed by atoms with van der Waals surface area (Å²) >= 11 is 0. The number of carbonyl (C=O) groups excluding carboxylic acids is 1. The lowest BCUT2D eigenvalue weighted by Crippen LogP contribution is -2.14. The maximum atomic E-state index is 11.9. The van der Waals surface area contributed by atoms with Gasteiger partial charge in [-0.25, -0.2) is 13.6 Å². The molecule has 0 spiro atoms. The third-order valence-corrected chi connectivity index (χ3v) is 4.03. The van der Waals surface area contributed by atoms with Crippen molar-refractivity contribution in [3.63, 3.8) is 0 Å². The molecule has 0 fully saturated rings. The molecule has 2 aromatic carbocycles. The molecule has 0 aliphatic carbocycles. The topological polar surface area (TPSA) is 89.3 Å². The highest BCUT2D eigenvalue weighted by atomic mass is 32.2. The van der Waals surface area contributed by atoms with Crippen molar-refractivity contribution in [2.45, 2.75) is 19.1 Å². The summed E-state index contributed by atoms with van der Waals surface area (Å²) in [6.07, 6.45) is 3.95. The van der Waals surface area contributed by atoms with Crippen LogP contribution in [-0.4, -0.2) is 14.3 Å². The fourth-order valence-corrected chi connectivity index (χ4v) is 2.77. The maximum absolute atomic E-state index is 11.9. The number of rotatable bonds is 6. The second-order valence-corrected chi connectivity index (χ2v) is 7.18. The van der Waals surface area contributed by atoms with E-state index in [2.05, 4.69) is 5.32 Å². The van der Waals surface area contributed by atoms with Gasteiger partial charge in [-0.15, -0.1) is 0 Å². The number of hydrogen-bond donors (Lipinski definition) is 2. The molecule has 0 heterocycles. The van der Waals surface area contributed by atoms with E-state index in [9.17, 15) is 13.2 Å². The number of anilines is 1. The summed E-state index contributed by atoms with van der Waals surface area (Å²) in [5, 5.41) is 7.75. The van der Waals surface area contributed by atoms with Crippen LogP contribution in [0.3, 0.4) is 0 Å². The molecule has 2 aromatic rings. The zero-order valence-electron chi connectivity index (χ0n) is 13.4. The van der Waals surface area contributed by atoms with E-state index in [1.807, 2.05) is 37.3 Å². The molecule has 0 atom stereocenters. The first-order valence-electron chi connectivity index (χ1n) is 7.44. The lowest BCUT2D eigenvalue weighted by atomic mass is 10.1. The third-order valence-electron chi connectivity index (χ3n) is 3.30. The first-order valence-corrected chi connectivity index (χ1v) is 9.16. The van der Waals surface area contributed by atoms with Gasteiger partial charge in [-0.1, -0.05) is 54.1 Å². The Hall–Kier alpha value is -2.44. The smallest absolute Gasteiger partial charge is 0.228 e. The Morgan fingerprint density at radius 3 is 2.29 bits per heavy atom. The number of aryl methyl sites for hydroxylation is 1. The Labute approximate surface area is 142 Å². The van der Waals surface area contributed by atoms with Crippen LogP contribution in [-0.2, 0) is 20.6 Å². The molecule has 3 N–H and O–H groups in total. The molecule has 24 heavy (non-hydrogen) atoms. The summed E-state index contributed by atoms with van der Waals surface area (Å²) in [6.45, 7) is 2.02. The zero-order chi connectivity index (χ0) is 17.6. The van der Waals surface area contributed by atoms with Crippen LogP contribution in [0.25, 0.3) is 6.08 Å². The van der Waals surface area contributed by atoms with Gasteiger partial charge in [-0.3, -0.25) is 4.79 Å². The van der Waals surface area contributed by atoms with Gasteiger partial charge in [-0.05, 0) is 30.2 Å². The second-order valence-electron chi connectivity index (χ2n) is 5.57. The molecule has 0 saturated carbocycles. The zero-order valence-corrected chi connectivity index (χ0v) is 14.2. The molecule has 126 valence electrons. The van der Waals surface area contributed by atoms with Crippen LogP contribution in [0.4, 0.5) is 5.69 Å². The van der Waals surface area contributed by atoms with E-state index in [-0.39, 0.29) is 18.1 Å². The average molecular weight is 344 g/mol. The van der Waals surface area contributed by atoms with E-state index in [1.165, 1.54) is 5.56 Å².